The molecule has 1 amide bonds. The Hall–Kier alpha value is -0.515. The van der Waals surface area contributed by atoms with Crippen molar-refractivity contribution in [2.24, 2.45) is 0 Å². The first-order valence-electron chi connectivity index (χ1n) is 2.73. The van der Waals surface area contributed by atoms with Gasteiger partial charge in [0.05, 0.1) is 0 Å². The van der Waals surface area contributed by atoms with Gasteiger partial charge in [-0.05, 0) is 0 Å². The van der Waals surface area contributed by atoms with Gasteiger partial charge in [-0.15, -0.1) is 11.8 Å². The fraction of sp³-hybridized carbons (Fsp3) is 0. The number of hydrogen-bond donors (Lipinski definition) is 2. The molecule has 0 spiro atoms. The number of rotatable bonds is 4. The molecule has 0 aromatic carbocycles. The molecule has 10 heavy (non-hydrogen) atoms. The second-order valence-electron chi connectivity index (χ2n) is 1.65. The van der Waals surface area contributed by atoms with Gasteiger partial charge < -0.3 is 9.83 Å². The monoisotopic (exact) mass is 157 g/mol. The summed E-state index contributed by atoms with van der Waals surface area (Å²) in [5, 5.41) is 8.15. The Labute approximate surface area is 65.0 Å². The highest BCUT2D eigenvalue weighted by Crippen LogP contribution is 1.86. The molecule has 0 aliphatic rings. The van der Waals surface area contributed by atoms with Crippen LogP contribution in [0.15, 0.2) is 0 Å². The van der Waals surface area contributed by atoms with E-state index in [0.29, 0.717) is 6.45 Å². The molecule has 2 N–H and O–H groups in total. The summed E-state index contributed by atoms with van der Waals surface area (Å²) in [4.78, 5) is 20.1. The van der Waals surface area contributed by atoms with Crippen molar-refractivity contribution in [3.8, 4) is 0 Å². The van der Waals surface area contributed by atoms with Gasteiger partial charge in [0.15, 0.2) is 12.3 Å². The van der Waals surface area contributed by atoms with Gasteiger partial charge in [0.2, 0.25) is 20.9 Å². The van der Waals surface area contributed by atoms with E-state index < -0.39 is 5.87 Å². The van der Waals surface area contributed by atoms with Crippen LogP contribution in [0, 0.1) is 0 Å². The SMILES string of the molecule is BC(=O)NSBBC(=O)O. The first kappa shape index (κ1) is 9.48. The fourth-order valence-corrected chi connectivity index (χ4v) is 0.873. The fourth-order valence-electron chi connectivity index (χ4n) is 0.291. The zero-order valence-electron chi connectivity index (χ0n) is 5.59. The molecule has 0 unspecified atom stereocenters. The van der Waals surface area contributed by atoms with E-state index in [1.807, 2.05) is 0 Å². The molecule has 0 aliphatic carbocycles. The lowest BCUT2D eigenvalue weighted by Gasteiger charge is -1.95. The molecular weight excluding hydrogens is 151 g/mol. The first-order chi connectivity index (χ1) is 4.63. The summed E-state index contributed by atoms with van der Waals surface area (Å²) in [6, 6.07) is 0. The van der Waals surface area contributed by atoms with E-state index in [1.165, 1.54) is 7.85 Å². The smallest absolute Gasteiger partial charge is 0.240 e. The highest BCUT2D eigenvalue weighted by Gasteiger charge is 2.02. The molecular formula is C2H6B3NO3S. The molecule has 52 valence electrons. The molecule has 8 heteroatoms. The average molecular weight is 157 g/mol. The van der Waals surface area contributed by atoms with Gasteiger partial charge in [0.1, 0.15) is 0 Å². The van der Waals surface area contributed by atoms with E-state index in [1.54, 1.807) is 0 Å². The third-order valence-electron chi connectivity index (χ3n) is 0.634. The van der Waals surface area contributed by atoms with Crippen molar-refractivity contribution in [3.63, 3.8) is 0 Å². The number of carbonyl (C=O) groups is 2. The Morgan fingerprint density at radius 3 is 2.60 bits per heavy atom. The molecule has 0 bridgehead atoms. The molecule has 0 heterocycles. The Kier molecular flexibility index (Phi) is 5.01. The zero-order chi connectivity index (χ0) is 7.98. The van der Waals surface area contributed by atoms with Crippen LogP contribution in [0.3, 0.4) is 0 Å². The van der Waals surface area contributed by atoms with Gasteiger partial charge in [-0.25, -0.2) is 0 Å². The van der Waals surface area contributed by atoms with Crippen LogP contribution in [0.4, 0.5) is 9.59 Å². The van der Waals surface area contributed by atoms with Crippen molar-refractivity contribution in [1.29, 1.82) is 0 Å². The molecule has 4 nitrogen and oxygen atoms in total. The van der Waals surface area contributed by atoms with Gasteiger partial charge in [0, 0.05) is 0 Å². The van der Waals surface area contributed by atoms with E-state index >= 15 is 0 Å². The number of nitrogens with one attached hydrogen (secondary N) is 1. The third kappa shape index (κ3) is 7.48. The van der Waals surface area contributed by atoms with Crippen molar-refractivity contribution in [2.75, 3.05) is 0 Å². The second kappa shape index (κ2) is 5.28. The van der Waals surface area contributed by atoms with E-state index in [2.05, 4.69) is 4.72 Å². The molecule has 0 aliphatic heterocycles. The molecule has 0 rings (SSSR count). The zero-order valence-corrected chi connectivity index (χ0v) is 6.40. The predicted molar refractivity (Wildman–Crippen MR) is 47.0 cm³/mol. The lowest BCUT2D eigenvalue weighted by atomic mass is 9.55. The highest BCUT2D eigenvalue weighted by atomic mass is 32.2. The summed E-state index contributed by atoms with van der Waals surface area (Å²) in [5.74, 6) is -1.01. The number of amides is 1. The number of carbonyl (C=O) groups excluding carboxylic acids is 1. The van der Waals surface area contributed by atoms with Gasteiger partial charge in [-0.1, -0.05) is 0 Å². The Balaban J connectivity index is 3.06. The summed E-state index contributed by atoms with van der Waals surface area (Å²) in [6.45, 7) is 0. The number of hydrogen-bond acceptors (Lipinski definition) is 3. The molecule has 0 fully saturated rings. The van der Waals surface area contributed by atoms with E-state index in [0.717, 1.165) is 11.8 Å². The van der Waals surface area contributed by atoms with Crippen LogP contribution in [0.2, 0.25) is 0 Å². The maximum atomic E-state index is 10.2. The summed E-state index contributed by atoms with van der Waals surface area (Å²) in [5.41, 5.74) is 0. The average Bonchev–Trinajstić information content (AvgIpc) is 1.79. The van der Waals surface area contributed by atoms with E-state index in [4.69, 9.17) is 5.11 Å². The van der Waals surface area contributed by atoms with Crippen molar-refractivity contribution >= 4 is 44.9 Å². The van der Waals surface area contributed by atoms with Crippen LogP contribution in [-0.4, -0.2) is 38.2 Å². The summed E-state index contributed by atoms with van der Waals surface area (Å²) in [7, 11) is 1.46. The summed E-state index contributed by atoms with van der Waals surface area (Å²) < 4.78 is 2.42. The van der Waals surface area contributed by atoms with Gasteiger partial charge in [0.25, 0.3) is 0 Å². The van der Waals surface area contributed by atoms with Gasteiger partial charge >= 0.3 is 0 Å². The normalized spacial score (nSPS) is 8.00. The van der Waals surface area contributed by atoms with E-state index in [-0.39, 0.29) is 13.0 Å². The first-order valence-corrected chi connectivity index (χ1v) is 3.71. The molecule has 0 radical (unpaired) electrons. The van der Waals surface area contributed by atoms with Gasteiger partial charge in [-0.2, -0.15) is 0 Å². The Morgan fingerprint density at radius 1 is 1.60 bits per heavy atom. The van der Waals surface area contributed by atoms with Crippen molar-refractivity contribution in [2.45, 2.75) is 0 Å². The topological polar surface area (TPSA) is 66.4 Å². The molecule has 0 aromatic rings. The minimum Gasteiger partial charge on any atom is -0.490 e. The van der Waals surface area contributed by atoms with Crippen LogP contribution in [0.5, 0.6) is 0 Å². The van der Waals surface area contributed by atoms with Crippen LogP contribution in [-0.2, 0) is 0 Å². The van der Waals surface area contributed by atoms with Crippen LogP contribution in [0.25, 0.3) is 0 Å². The van der Waals surface area contributed by atoms with Crippen molar-refractivity contribution < 1.29 is 14.7 Å². The van der Waals surface area contributed by atoms with Gasteiger partial charge in [-0.3, -0.25) is 9.59 Å². The standard InChI is InChI=1S/C2H6B3NO3S/c3-1(7)6-10-5-4-2(8)9/h4-5H,3H2,(H,6,7)(H,8,9). The minimum atomic E-state index is -0.849. The maximum Gasteiger partial charge on any atom is 0.240 e. The molecule has 0 atom stereocenters. The molecule has 0 saturated carbocycles. The quantitative estimate of drug-likeness (QED) is 0.291. The Morgan fingerprint density at radius 2 is 2.20 bits per heavy atom. The minimum absolute atomic E-state index is 0.0744. The summed E-state index contributed by atoms with van der Waals surface area (Å²) >= 11 is 1.11. The lowest BCUT2D eigenvalue weighted by Crippen LogP contribution is -2.19. The second-order valence-corrected chi connectivity index (χ2v) is 2.55. The molecule has 0 aromatic heterocycles. The number of carboxylic acid groups (broad SMARTS) is 1. The van der Waals surface area contributed by atoms with Crippen LogP contribution >= 0.6 is 11.8 Å². The predicted octanol–water partition coefficient (Wildman–Crippen LogP) is -1.64. The van der Waals surface area contributed by atoms with Crippen LogP contribution in [0.1, 0.15) is 0 Å². The largest absolute Gasteiger partial charge is 0.490 e. The highest BCUT2D eigenvalue weighted by molar-refractivity contribution is 8.26. The van der Waals surface area contributed by atoms with E-state index in [9.17, 15) is 9.59 Å². The maximum absolute atomic E-state index is 10.2. The lowest BCUT2D eigenvalue weighted by molar-refractivity contribution is 0.220. The summed E-state index contributed by atoms with van der Waals surface area (Å²) in [6.07, 6.45) is 0.412. The van der Waals surface area contributed by atoms with Crippen molar-refractivity contribution in [1.82, 2.24) is 4.72 Å². The third-order valence-corrected chi connectivity index (χ3v) is 1.47. The van der Waals surface area contributed by atoms with Crippen LogP contribution < -0.4 is 4.72 Å². The molecule has 0 saturated heterocycles. The Bertz CT molecular complexity index is 126. The van der Waals surface area contributed by atoms with Crippen molar-refractivity contribution in [3.05, 3.63) is 0 Å².